The van der Waals surface area contributed by atoms with Crippen LogP contribution in [-0.2, 0) is 9.53 Å². The molecule has 32 heavy (non-hydrogen) atoms. The van der Waals surface area contributed by atoms with Crippen molar-refractivity contribution in [3.63, 3.8) is 0 Å². The molecule has 4 rings (SSSR count). The summed E-state index contributed by atoms with van der Waals surface area (Å²) in [7, 11) is 0. The second-order valence-corrected chi connectivity index (χ2v) is 8.92. The molecule has 0 spiro atoms. The van der Waals surface area contributed by atoms with Crippen molar-refractivity contribution >= 4 is 56.5 Å². The average molecular weight is 466 g/mol. The highest BCUT2D eigenvalue weighted by Crippen LogP contribution is 2.33. The number of amides is 1. The fourth-order valence-electron chi connectivity index (χ4n) is 3.37. The van der Waals surface area contributed by atoms with Crippen molar-refractivity contribution < 1.29 is 14.3 Å². The molecule has 0 radical (unpaired) electrons. The fraction of sp³-hybridized carbons (Fsp3) is 0.227. The monoisotopic (exact) mass is 465 g/mol. The summed E-state index contributed by atoms with van der Waals surface area (Å²) in [5.41, 5.74) is 3.47. The lowest BCUT2D eigenvalue weighted by Gasteiger charge is -2.07. The minimum absolute atomic E-state index is 0.0691. The van der Waals surface area contributed by atoms with Crippen LogP contribution in [0.1, 0.15) is 33.3 Å². The van der Waals surface area contributed by atoms with Gasteiger partial charge in [0.05, 0.1) is 23.4 Å². The maximum absolute atomic E-state index is 12.7. The highest BCUT2D eigenvalue weighted by Gasteiger charge is 2.22. The first-order valence-corrected chi connectivity index (χ1v) is 11.6. The number of hydrogen-bond donors (Lipinski definition) is 1. The quantitative estimate of drug-likeness (QED) is 0.333. The Morgan fingerprint density at radius 2 is 2.06 bits per heavy atom. The number of para-hydroxylation sites is 1. The average Bonchev–Trinajstić information content (AvgIpc) is 3.34. The topological polar surface area (TPSA) is 109 Å². The molecular formula is C22H19N5O3S2. The molecule has 0 aliphatic rings. The van der Waals surface area contributed by atoms with E-state index in [-0.39, 0.29) is 23.8 Å². The lowest BCUT2D eigenvalue weighted by atomic mass is 10.1. The number of rotatable bonds is 6. The number of pyridine rings is 1. The summed E-state index contributed by atoms with van der Waals surface area (Å²) >= 11 is 2.30. The van der Waals surface area contributed by atoms with Gasteiger partial charge in [0, 0.05) is 0 Å². The molecule has 0 fully saturated rings. The Kier molecular flexibility index (Phi) is 6.12. The number of carbonyl (C=O) groups excluding carboxylic acids is 2. The van der Waals surface area contributed by atoms with Gasteiger partial charge in [0.1, 0.15) is 15.9 Å². The van der Waals surface area contributed by atoms with Gasteiger partial charge in [-0.3, -0.25) is 9.20 Å². The molecule has 0 saturated heterocycles. The minimum atomic E-state index is -0.501. The Morgan fingerprint density at radius 3 is 2.81 bits per heavy atom. The number of nitrogens with one attached hydrogen (secondary N) is 1. The highest BCUT2D eigenvalue weighted by atomic mass is 32.2. The van der Waals surface area contributed by atoms with Crippen LogP contribution in [-0.4, -0.2) is 38.8 Å². The Bertz CT molecular complexity index is 1400. The number of esters is 1. The van der Waals surface area contributed by atoms with Crippen molar-refractivity contribution in [1.29, 1.82) is 5.26 Å². The van der Waals surface area contributed by atoms with Crippen LogP contribution in [0.5, 0.6) is 0 Å². The highest BCUT2D eigenvalue weighted by molar-refractivity contribution is 7.99. The molecule has 0 aliphatic heterocycles. The molecule has 1 aromatic carbocycles. The maximum atomic E-state index is 12.7. The number of anilines is 1. The van der Waals surface area contributed by atoms with E-state index in [1.54, 1.807) is 13.8 Å². The minimum Gasteiger partial charge on any atom is -0.462 e. The smallest absolute Gasteiger partial charge is 0.348 e. The summed E-state index contributed by atoms with van der Waals surface area (Å²) < 4.78 is 6.98. The Hall–Kier alpha value is -3.42. The summed E-state index contributed by atoms with van der Waals surface area (Å²) in [4.78, 5) is 25.1. The van der Waals surface area contributed by atoms with Crippen LogP contribution in [0.3, 0.4) is 0 Å². The van der Waals surface area contributed by atoms with Crippen LogP contribution in [0.4, 0.5) is 5.00 Å². The first-order valence-electron chi connectivity index (χ1n) is 9.81. The van der Waals surface area contributed by atoms with Gasteiger partial charge in [-0.1, -0.05) is 30.0 Å². The van der Waals surface area contributed by atoms with E-state index in [1.807, 2.05) is 35.6 Å². The standard InChI is InChI=1S/C22H19N5O3S2/c1-4-30-21(29)18-13(3)15(10-23)20(32-18)24-17(28)11-31-22-26-25-19-12(2)9-14-7-5-6-8-16(14)27(19)22/h5-9H,4,11H2,1-3H3,(H,24,28). The van der Waals surface area contributed by atoms with Crippen molar-refractivity contribution in [3.05, 3.63) is 51.9 Å². The van der Waals surface area contributed by atoms with E-state index >= 15 is 0 Å². The van der Waals surface area contributed by atoms with Gasteiger partial charge in [0.2, 0.25) is 5.91 Å². The van der Waals surface area contributed by atoms with Gasteiger partial charge in [-0.05, 0) is 49.4 Å². The van der Waals surface area contributed by atoms with Gasteiger partial charge < -0.3 is 10.1 Å². The van der Waals surface area contributed by atoms with Crippen molar-refractivity contribution in [2.24, 2.45) is 0 Å². The molecule has 10 heteroatoms. The number of aryl methyl sites for hydroxylation is 1. The second kappa shape index (κ2) is 8.98. The van der Waals surface area contributed by atoms with Crippen molar-refractivity contribution in [2.75, 3.05) is 17.7 Å². The molecule has 0 aliphatic carbocycles. The van der Waals surface area contributed by atoms with Crippen molar-refractivity contribution in [1.82, 2.24) is 14.6 Å². The lowest BCUT2D eigenvalue weighted by Crippen LogP contribution is -2.14. The Morgan fingerprint density at radius 1 is 1.28 bits per heavy atom. The summed E-state index contributed by atoms with van der Waals surface area (Å²) in [6.45, 7) is 5.59. The Labute approximate surface area is 192 Å². The Balaban J connectivity index is 1.56. The number of fused-ring (bicyclic) bond motifs is 3. The number of ether oxygens (including phenoxy) is 1. The van der Waals surface area contributed by atoms with E-state index in [9.17, 15) is 14.9 Å². The summed E-state index contributed by atoms with van der Waals surface area (Å²) in [5.74, 6) is -0.741. The number of thioether (sulfide) groups is 1. The summed E-state index contributed by atoms with van der Waals surface area (Å²) in [6.07, 6.45) is 0. The molecule has 4 aromatic rings. The predicted octanol–water partition coefficient (Wildman–Crippen LogP) is 4.34. The maximum Gasteiger partial charge on any atom is 0.348 e. The number of carbonyl (C=O) groups is 2. The van der Waals surface area contributed by atoms with E-state index in [4.69, 9.17) is 4.74 Å². The molecule has 1 amide bonds. The van der Waals surface area contributed by atoms with Crippen LogP contribution in [0.15, 0.2) is 35.5 Å². The molecule has 0 saturated carbocycles. The third kappa shape index (κ3) is 3.92. The second-order valence-electron chi connectivity index (χ2n) is 6.96. The van der Waals surface area contributed by atoms with Crippen LogP contribution in [0.2, 0.25) is 0 Å². The van der Waals surface area contributed by atoms with Crippen molar-refractivity contribution in [2.45, 2.75) is 25.9 Å². The van der Waals surface area contributed by atoms with Gasteiger partial charge in [0.25, 0.3) is 0 Å². The van der Waals surface area contributed by atoms with E-state index in [0.717, 1.165) is 33.5 Å². The first-order chi connectivity index (χ1) is 15.4. The van der Waals surface area contributed by atoms with Gasteiger partial charge in [-0.25, -0.2) is 4.79 Å². The number of hydrogen-bond acceptors (Lipinski definition) is 8. The first kappa shape index (κ1) is 21.8. The van der Waals surface area contributed by atoms with E-state index < -0.39 is 5.97 Å². The summed E-state index contributed by atoms with van der Waals surface area (Å²) in [5, 5.41) is 22.8. The molecule has 0 bridgehead atoms. The molecule has 1 N–H and O–H groups in total. The fourth-order valence-corrected chi connectivity index (χ4v) is 5.18. The molecule has 8 nitrogen and oxygen atoms in total. The van der Waals surface area contributed by atoms with Crippen LogP contribution >= 0.6 is 23.1 Å². The molecule has 162 valence electrons. The number of nitrogens with zero attached hydrogens (tertiary/aromatic N) is 4. The van der Waals surface area contributed by atoms with Crippen LogP contribution in [0.25, 0.3) is 16.6 Å². The molecule has 0 unspecified atom stereocenters. The summed E-state index contributed by atoms with van der Waals surface area (Å²) in [6, 6.07) is 12.0. The van der Waals surface area contributed by atoms with Gasteiger partial charge in [-0.2, -0.15) is 5.26 Å². The number of nitriles is 1. The largest absolute Gasteiger partial charge is 0.462 e. The van der Waals surface area contributed by atoms with E-state index in [1.165, 1.54) is 11.8 Å². The number of benzene rings is 1. The zero-order chi connectivity index (χ0) is 22.8. The molecule has 3 heterocycles. The van der Waals surface area contributed by atoms with Gasteiger partial charge >= 0.3 is 5.97 Å². The van der Waals surface area contributed by atoms with Crippen molar-refractivity contribution in [3.8, 4) is 6.07 Å². The third-order valence-electron chi connectivity index (χ3n) is 4.84. The number of thiophene rings is 1. The van der Waals surface area contributed by atoms with E-state index in [2.05, 4.69) is 27.6 Å². The normalized spacial score (nSPS) is 10.9. The third-order valence-corrected chi connectivity index (χ3v) is 6.96. The predicted molar refractivity (Wildman–Crippen MR) is 124 cm³/mol. The number of aromatic nitrogens is 3. The SMILES string of the molecule is CCOC(=O)c1sc(NC(=O)CSc2nnc3c(C)cc4ccccc4n23)c(C#N)c1C. The lowest BCUT2D eigenvalue weighted by molar-refractivity contribution is -0.113. The van der Waals surface area contributed by atoms with Gasteiger partial charge in [0.15, 0.2) is 10.8 Å². The zero-order valence-electron chi connectivity index (χ0n) is 17.6. The van der Waals surface area contributed by atoms with Crippen LogP contribution < -0.4 is 5.32 Å². The van der Waals surface area contributed by atoms with Gasteiger partial charge in [-0.15, -0.1) is 21.5 Å². The molecule has 3 aromatic heterocycles. The van der Waals surface area contributed by atoms with Crippen LogP contribution in [0, 0.1) is 25.2 Å². The molecule has 0 atom stereocenters. The molecular weight excluding hydrogens is 446 g/mol. The van der Waals surface area contributed by atoms with E-state index in [0.29, 0.717) is 20.6 Å². The zero-order valence-corrected chi connectivity index (χ0v) is 19.3.